The molecule has 0 N–H and O–H groups in total. The average molecular weight is 221 g/mol. The van der Waals surface area contributed by atoms with E-state index in [-0.39, 0.29) is 0 Å². The summed E-state index contributed by atoms with van der Waals surface area (Å²) >= 11 is 3.41. The van der Waals surface area contributed by atoms with Crippen molar-refractivity contribution >= 4 is 15.9 Å². The van der Waals surface area contributed by atoms with E-state index in [1.807, 2.05) is 0 Å². The number of alkyl halides is 1. The van der Waals surface area contributed by atoms with E-state index in [9.17, 15) is 0 Å². The van der Waals surface area contributed by atoms with Gasteiger partial charge in [-0.15, -0.1) is 0 Å². The maximum atomic E-state index is 5.49. The molecule has 0 amide bonds. The fourth-order valence-electron chi connectivity index (χ4n) is 1.01. The molecule has 1 rings (SSSR count). The Morgan fingerprint density at radius 2 is 2.00 bits per heavy atom. The third kappa shape index (κ3) is 5.68. The Kier molecular flexibility index (Phi) is 5.21. The highest BCUT2D eigenvalue weighted by Crippen LogP contribution is 2.28. The lowest BCUT2D eigenvalue weighted by molar-refractivity contribution is 0.121. The minimum absolute atomic E-state index is 0.922. The van der Waals surface area contributed by atoms with Crippen LogP contribution in [0.2, 0.25) is 0 Å². The lowest BCUT2D eigenvalue weighted by Gasteiger charge is -2.01. The molecule has 11 heavy (non-hydrogen) atoms. The van der Waals surface area contributed by atoms with Crippen molar-refractivity contribution in [2.24, 2.45) is 5.92 Å². The summed E-state index contributed by atoms with van der Waals surface area (Å²) in [5, 5.41) is 1.13. The van der Waals surface area contributed by atoms with Gasteiger partial charge in [0, 0.05) is 18.5 Å². The maximum Gasteiger partial charge on any atom is 0.0494 e. The topological polar surface area (TPSA) is 9.23 Å². The molecule has 0 aromatic rings. The first-order valence-electron chi connectivity index (χ1n) is 4.57. The first-order valence-corrected chi connectivity index (χ1v) is 5.69. The standard InChI is InChI=1S/C9H17BrO/c10-6-2-1-3-7-11-8-9-4-5-9/h9H,1-8H2. The quantitative estimate of drug-likeness (QED) is 0.474. The molecule has 0 saturated heterocycles. The lowest BCUT2D eigenvalue weighted by atomic mass is 10.3. The van der Waals surface area contributed by atoms with Crippen LogP contribution in [0.15, 0.2) is 0 Å². The van der Waals surface area contributed by atoms with Crippen molar-refractivity contribution in [1.82, 2.24) is 0 Å². The molecule has 1 aliphatic rings. The summed E-state index contributed by atoms with van der Waals surface area (Å²) in [5.41, 5.74) is 0. The predicted octanol–water partition coefficient (Wildman–Crippen LogP) is 2.98. The van der Waals surface area contributed by atoms with Crippen LogP contribution in [-0.2, 0) is 4.74 Å². The second-order valence-electron chi connectivity index (χ2n) is 3.27. The van der Waals surface area contributed by atoms with Crippen LogP contribution in [0.25, 0.3) is 0 Å². The minimum Gasteiger partial charge on any atom is -0.381 e. The van der Waals surface area contributed by atoms with E-state index in [0.717, 1.165) is 24.5 Å². The van der Waals surface area contributed by atoms with Crippen molar-refractivity contribution in [3.8, 4) is 0 Å². The normalized spacial score (nSPS) is 17.2. The van der Waals surface area contributed by atoms with Crippen molar-refractivity contribution in [2.45, 2.75) is 32.1 Å². The highest BCUT2D eigenvalue weighted by Gasteiger charge is 2.20. The Hall–Kier alpha value is 0.440. The van der Waals surface area contributed by atoms with Crippen LogP contribution in [0.4, 0.5) is 0 Å². The van der Waals surface area contributed by atoms with E-state index < -0.39 is 0 Å². The zero-order valence-electron chi connectivity index (χ0n) is 7.02. The second kappa shape index (κ2) is 6.01. The van der Waals surface area contributed by atoms with Gasteiger partial charge in [-0.25, -0.2) is 0 Å². The number of ether oxygens (including phenoxy) is 1. The zero-order valence-corrected chi connectivity index (χ0v) is 8.61. The van der Waals surface area contributed by atoms with E-state index >= 15 is 0 Å². The van der Waals surface area contributed by atoms with E-state index in [4.69, 9.17) is 4.74 Å². The number of hydrogen-bond donors (Lipinski definition) is 0. The van der Waals surface area contributed by atoms with Crippen LogP contribution in [0.3, 0.4) is 0 Å². The molecule has 0 aromatic carbocycles. The molecule has 0 bridgehead atoms. The number of hydrogen-bond acceptors (Lipinski definition) is 1. The summed E-state index contributed by atoms with van der Waals surface area (Å²) in [5.74, 6) is 0.922. The van der Waals surface area contributed by atoms with Crippen molar-refractivity contribution in [3.63, 3.8) is 0 Å². The highest BCUT2D eigenvalue weighted by atomic mass is 79.9. The number of rotatable bonds is 7. The summed E-state index contributed by atoms with van der Waals surface area (Å²) in [7, 11) is 0. The SMILES string of the molecule is BrCCCCCOCC1CC1. The molecule has 0 aliphatic heterocycles. The first-order chi connectivity index (χ1) is 5.43. The predicted molar refractivity (Wildman–Crippen MR) is 51.2 cm³/mol. The van der Waals surface area contributed by atoms with Gasteiger partial charge in [-0.2, -0.15) is 0 Å². The molecule has 66 valence electrons. The first kappa shape index (κ1) is 9.53. The Morgan fingerprint density at radius 1 is 1.18 bits per heavy atom. The van der Waals surface area contributed by atoms with Crippen LogP contribution in [0.1, 0.15) is 32.1 Å². The molecular weight excluding hydrogens is 204 g/mol. The molecule has 0 spiro atoms. The zero-order chi connectivity index (χ0) is 7.94. The molecule has 1 aliphatic carbocycles. The van der Waals surface area contributed by atoms with Gasteiger partial charge in [0.25, 0.3) is 0 Å². The highest BCUT2D eigenvalue weighted by molar-refractivity contribution is 9.09. The average Bonchev–Trinajstić information content (AvgIpc) is 2.80. The fraction of sp³-hybridized carbons (Fsp3) is 1.00. The number of unbranched alkanes of at least 4 members (excludes halogenated alkanes) is 2. The van der Waals surface area contributed by atoms with Gasteiger partial charge in [-0.3, -0.25) is 0 Å². The molecule has 0 unspecified atom stereocenters. The largest absolute Gasteiger partial charge is 0.381 e. The Labute approximate surface area is 77.6 Å². The minimum atomic E-state index is 0.922. The van der Waals surface area contributed by atoms with Gasteiger partial charge in [0.05, 0.1) is 0 Å². The lowest BCUT2D eigenvalue weighted by Crippen LogP contribution is -1.98. The van der Waals surface area contributed by atoms with Crippen LogP contribution in [0, 0.1) is 5.92 Å². The smallest absolute Gasteiger partial charge is 0.0494 e. The van der Waals surface area contributed by atoms with E-state index in [1.165, 1.54) is 32.1 Å². The van der Waals surface area contributed by atoms with Gasteiger partial charge in [-0.05, 0) is 31.6 Å². The van der Waals surface area contributed by atoms with E-state index in [2.05, 4.69) is 15.9 Å². The molecule has 0 heterocycles. The van der Waals surface area contributed by atoms with Gasteiger partial charge >= 0.3 is 0 Å². The molecule has 0 aromatic heterocycles. The molecule has 1 saturated carbocycles. The molecule has 0 radical (unpaired) electrons. The van der Waals surface area contributed by atoms with E-state index in [0.29, 0.717) is 0 Å². The van der Waals surface area contributed by atoms with Crippen molar-refractivity contribution in [3.05, 3.63) is 0 Å². The van der Waals surface area contributed by atoms with Crippen LogP contribution >= 0.6 is 15.9 Å². The monoisotopic (exact) mass is 220 g/mol. The van der Waals surface area contributed by atoms with Crippen molar-refractivity contribution < 1.29 is 4.74 Å². The van der Waals surface area contributed by atoms with E-state index in [1.54, 1.807) is 0 Å². The van der Waals surface area contributed by atoms with Crippen molar-refractivity contribution in [1.29, 1.82) is 0 Å². The maximum absolute atomic E-state index is 5.49. The Bertz CT molecular complexity index is 91.6. The van der Waals surface area contributed by atoms with Gasteiger partial charge in [0.15, 0.2) is 0 Å². The fourth-order valence-corrected chi connectivity index (χ4v) is 1.41. The van der Waals surface area contributed by atoms with Gasteiger partial charge in [0.2, 0.25) is 0 Å². The Balaban J connectivity index is 1.66. The summed E-state index contributed by atoms with van der Waals surface area (Å²) < 4.78 is 5.49. The molecule has 1 nitrogen and oxygen atoms in total. The molecule has 1 fully saturated rings. The van der Waals surface area contributed by atoms with Crippen LogP contribution in [-0.4, -0.2) is 18.5 Å². The second-order valence-corrected chi connectivity index (χ2v) is 4.06. The van der Waals surface area contributed by atoms with Crippen molar-refractivity contribution in [2.75, 3.05) is 18.5 Å². The van der Waals surface area contributed by atoms with Gasteiger partial charge in [-0.1, -0.05) is 22.4 Å². The molecule has 0 atom stereocenters. The summed E-state index contributed by atoms with van der Waals surface area (Å²) in [6, 6.07) is 0. The summed E-state index contributed by atoms with van der Waals surface area (Å²) in [4.78, 5) is 0. The van der Waals surface area contributed by atoms with Gasteiger partial charge < -0.3 is 4.74 Å². The molecule has 2 heteroatoms. The van der Waals surface area contributed by atoms with Crippen LogP contribution < -0.4 is 0 Å². The third-order valence-electron chi connectivity index (χ3n) is 1.97. The van der Waals surface area contributed by atoms with Gasteiger partial charge in [0.1, 0.15) is 0 Å². The summed E-state index contributed by atoms with van der Waals surface area (Å²) in [6.07, 6.45) is 6.63. The number of halogens is 1. The Morgan fingerprint density at radius 3 is 2.64 bits per heavy atom. The van der Waals surface area contributed by atoms with Crippen LogP contribution in [0.5, 0.6) is 0 Å². The third-order valence-corrected chi connectivity index (χ3v) is 2.53. The summed E-state index contributed by atoms with van der Waals surface area (Å²) in [6.45, 7) is 2.00. The molecular formula is C9H17BrO.